The number of carbonyl (C=O) groups is 1. The minimum atomic E-state index is -0.248. The molecule has 1 N–H and O–H groups in total. The molecule has 2 aromatic carbocycles. The molecule has 0 aliphatic carbocycles. The molecule has 6 heteroatoms. The van der Waals surface area contributed by atoms with Crippen LogP contribution >= 0.6 is 0 Å². The molecular formula is C23H25N5O. The predicted octanol–water partition coefficient (Wildman–Crippen LogP) is 3.62. The van der Waals surface area contributed by atoms with E-state index in [-0.39, 0.29) is 5.91 Å². The van der Waals surface area contributed by atoms with Gasteiger partial charge >= 0.3 is 0 Å². The first-order valence-corrected chi connectivity index (χ1v) is 10.0. The summed E-state index contributed by atoms with van der Waals surface area (Å²) in [5.41, 5.74) is 3.56. The van der Waals surface area contributed by atoms with Gasteiger partial charge in [-0.05, 0) is 48.4 Å². The molecule has 1 saturated heterocycles. The first kappa shape index (κ1) is 18.9. The highest BCUT2D eigenvalue weighted by Gasteiger charge is 2.19. The lowest BCUT2D eigenvalue weighted by atomic mass is 10.1. The summed E-state index contributed by atoms with van der Waals surface area (Å²) in [6.45, 7) is 5.72. The zero-order chi connectivity index (χ0) is 20.1. The topological polar surface area (TPSA) is 61.4 Å². The van der Waals surface area contributed by atoms with Crippen molar-refractivity contribution in [3.8, 4) is 0 Å². The number of carbonyl (C=O) groups excluding carboxylic acids is 1. The number of aromatic nitrogens is 2. The summed E-state index contributed by atoms with van der Waals surface area (Å²) in [6.07, 6.45) is 0.973. The second-order valence-corrected chi connectivity index (χ2v) is 7.09. The Labute approximate surface area is 171 Å². The molecular weight excluding hydrogens is 362 g/mol. The third-order valence-corrected chi connectivity index (χ3v) is 5.23. The average Bonchev–Trinajstić information content (AvgIpc) is 2.80. The van der Waals surface area contributed by atoms with Crippen LogP contribution in [0.4, 0.5) is 17.2 Å². The molecule has 6 nitrogen and oxygen atoms in total. The standard InChI is InChI=1S/C23H25N5O/c1-2-18-8-10-19(11-9-18)24-23(29)21-12-13-22(26-25-21)28-16-14-27(15-17-28)20-6-4-3-5-7-20/h3-13H,2,14-17H2,1H3,(H,24,29). The Morgan fingerprint density at radius 3 is 2.17 bits per heavy atom. The Kier molecular flexibility index (Phi) is 5.70. The van der Waals surface area contributed by atoms with E-state index < -0.39 is 0 Å². The van der Waals surface area contributed by atoms with Crippen molar-refractivity contribution in [1.82, 2.24) is 10.2 Å². The van der Waals surface area contributed by atoms with Crippen LogP contribution in [-0.2, 0) is 6.42 Å². The molecule has 0 spiro atoms. The molecule has 1 aromatic heterocycles. The van der Waals surface area contributed by atoms with Crippen LogP contribution in [0.3, 0.4) is 0 Å². The first-order chi connectivity index (χ1) is 14.2. The van der Waals surface area contributed by atoms with Gasteiger partial charge in [-0.1, -0.05) is 37.3 Å². The van der Waals surface area contributed by atoms with E-state index in [0.717, 1.165) is 44.1 Å². The lowest BCUT2D eigenvalue weighted by Crippen LogP contribution is -2.46. The van der Waals surface area contributed by atoms with Crippen LogP contribution in [0.15, 0.2) is 66.7 Å². The molecule has 0 saturated carbocycles. The molecule has 1 aliphatic rings. The van der Waals surface area contributed by atoms with Crippen LogP contribution in [-0.4, -0.2) is 42.3 Å². The molecule has 29 heavy (non-hydrogen) atoms. The van der Waals surface area contributed by atoms with E-state index in [4.69, 9.17) is 0 Å². The number of aryl methyl sites for hydroxylation is 1. The molecule has 0 atom stereocenters. The van der Waals surface area contributed by atoms with Crippen molar-refractivity contribution < 1.29 is 4.79 Å². The Morgan fingerprint density at radius 2 is 1.55 bits per heavy atom. The summed E-state index contributed by atoms with van der Waals surface area (Å²) in [6, 6.07) is 21.9. The van der Waals surface area contributed by atoms with Gasteiger partial charge in [0.2, 0.25) is 0 Å². The normalized spacial score (nSPS) is 14.0. The van der Waals surface area contributed by atoms with E-state index in [1.165, 1.54) is 11.3 Å². The lowest BCUT2D eigenvalue weighted by molar-refractivity contribution is 0.102. The van der Waals surface area contributed by atoms with Crippen LogP contribution in [0.25, 0.3) is 0 Å². The largest absolute Gasteiger partial charge is 0.368 e. The summed E-state index contributed by atoms with van der Waals surface area (Å²) in [5, 5.41) is 11.3. The summed E-state index contributed by atoms with van der Waals surface area (Å²) in [5.74, 6) is 0.559. The third kappa shape index (κ3) is 4.54. The molecule has 2 heterocycles. The maximum absolute atomic E-state index is 12.4. The minimum absolute atomic E-state index is 0.248. The minimum Gasteiger partial charge on any atom is -0.368 e. The summed E-state index contributed by atoms with van der Waals surface area (Å²) in [4.78, 5) is 17.0. The molecule has 1 aliphatic heterocycles. The zero-order valence-electron chi connectivity index (χ0n) is 16.6. The van der Waals surface area contributed by atoms with Crippen molar-refractivity contribution in [2.75, 3.05) is 41.3 Å². The van der Waals surface area contributed by atoms with Gasteiger partial charge in [-0.2, -0.15) is 0 Å². The monoisotopic (exact) mass is 387 g/mol. The number of benzene rings is 2. The Hall–Kier alpha value is -3.41. The number of nitrogens with one attached hydrogen (secondary N) is 1. The van der Waals surface area contributed by atoms with Gasteiger partial charge in [0, 0.05) is 37.6 Å². The highest BCUT2D eigenvalue weighted by molar-refractivity contribution is 6.02. The van der Waals surface area contributed by atoms with Gasteiger partial charge in [-0.3, -0.25) is 4.79 Å². The predicted molar refractivity (Wildman–Crippen MR) is 117 cm³/mol. The van der Waals surface area contributed by atoms with Gasteiger partial charge in [0.1, 0.15) is 0 Å². The number of anilines is 3. The van der Waals surface area contributed by atoms with Gasteiger partial charge in [-0.25, -0.2) is 0 Å². The van der Waals surface area contributed by atoms with Crippen LogP contribution in [0, 0.1) is 0 Å². The molecule has 0 radical (unpaired) electrons. The van der Waals surface area contributed by atoms with Crippen LogP contribution in [0.1, 0.15) is 23.0 Å². The van der Waals surface area contributed by atoms with Gasteiger partial charge in [-0.15, -0.1) is 10.2 Å². The van der Waals surface area contributed by atoms with E-state index >= 15 is 0 Å². The Morgan fingerprint density at radius 1 is 0.862 bits per heavy atom. The highest BCUT2D eigenvalue weighted by Crippen LogP contribution is 2.19. The van der Waals surface area contributed by atoms with E-state index in [1.807, 2.05) is 36.4 Å². The molecule has 0 unspecified atom stereocenters. The van der Waals surface area contributed by atoms with Crippen LogP contribution < -0.4 is 15.1 Å². The summed E-state index contributed by atoms with van der Waals surface area (Å²) < 4.78 is 0. The van der Waals surface area contributed by atoms with E-state index in [0.29, 0.717) is 5.69 Å². The number of nitrogens with zero attached hydrogens (tertiary/aromatic N) is 4. The molecule has 4 rings (SSSR count). The first-order valence-electron chi connectivity index (χ1n) is 10.0. The average molecular weight is 387 g/mol. The number of rotatable bonds is 5. The maximum Gasteiger partial charge on any atom is 0.276 e. The Bertz CT molecular complexity index is 933. The van der Waals surface area contributed by atoms with Crippen molar-refractivity contribution in [2.45, 2.75) is 13.3 Å². The number of hydrogen-bond donors (Lipinski definition) is 1. The molecule has 3 aromatic rings. The summed E-state index contributed by atoms with van der Waals surface area (Å²) in [7, 11) is 0. The van der Waals surface area contributed by atoms with Crippen molar-refractivity contribution >= 4 is 23.1 Å². The van der Waals surface area contributed by atoms with Crippen molar-refractivity contribution in [3.05, 3.63) is 78.0 Å². The van der Waals surface area contributed by atoms with E-state index in [9.17, 15) is 4.79 Å². The molecule has 148 valence electrons. The summed E-state index contributed by atoms with van der Waals surface area (Å²) >= 11 is 0. The number of para-hydroxylation sites is 1. The van der Waals surface area contributed by atoms with Gasteiger partial charge in [0.15, 0.2) is 11.5 Å². The second-order valence-electron chi connectivity index (χ2n) is 7.09. The lowest BCUT2D eigenvalue weighted by Gasteiger charge is -2.36. The third-order valence-electron chi connectivity index (χ3n) is 5.23. The van der Waals surface area contributed by atoms with Crippen molar-refractivity contribution in [3.63, 3.8) is 0 Å². The smallest absolute Gasteiger partial charge is 0.276 e. The van der Waals surface area contributed by atoms with Gasteiger partial charge in [0.25, 0.3) is 5.91 Å². The van der Waals surface area contributed by atoms with Crippen molar-refractivity contribution in [1.29, 1.82) is 0 Å². The Balaban J connectivity index is 1.34. The molecule has 1 fully saturated rings. The number of piperazine rings is 1. The fourth-order valence-electron chi connectivity index (χ4n) is 3.47. The van der Waals surface area contributed by atoms with E-state index in [1.54, 1.807) is 6.07 Å². The quantitative estimate of drug-likeness (QED) is 0.725. The zero-order valence-corrected chi connectivity index (χ0v) is 16.6. The molecule has 0 bridgehead atoms. The van der Waals surface area contributed by atoms with Gasteiger partial charge in [0.05, 0.1) is 0 Å². The van der Waals surface area contributed by atoms with Crippen LogP contribution in [0.2, 0.25) is 0 Å². The second kappa shape index (κ2) is 8.73. The fourth-order valence-corrected chi connectivity index (χ4v) is 3.47. The highest BCUT2D eigenvalue weighted by atomic mass is 16.1. The maximum atomic E-state index is 12.4. The fraction of sp³-hybridized carbons (Fsp3) is 0.261. The van der Waals surface area contributed by atoms with Gasteiger partial charge < -0.3 is 15.1 Å². The molecule has 1 amide bonds. The number of amides is 1. The van der Waals surface area contributed by atoms with Crippen molar-refractivity contribution in [2.24, 2.45) is 0 Å². The SMILES string of the molecule is CCc1ccc(NC(=O)c2ccc(N3CCN(c4ccccc4)CC3)nn2)cc1. The number of hydrogen-bond acceptors (Lipinski definition) is 5. The van der Waals surface area contributed by atoms with Crippen LogP contribution in [0.5, 0.6) is 0 Å². The van der Waals surface area contributed by atoms with E-state index in [2.05, 4.69) is 56.5 Å².